The molecule has 0 bridgehead atoms. The van der Waals surface area contributed by atoms with Gasteiger partial charge in [-0.25, -0.2) is 9.59 Å². The van der Waals surface area contributed by atoms with E-state index in [9.17, 15) is 9.59 Å². The number of thioether (sulfide) groups is 1. The molecule has 0 aromatic heterocycles. The molecule has 218 valence electrons. The molecule has 2 aromatic carbocycles. The van der Waals surface area contributed by atoms with E-state index in [4.69, 9.17) is 4.74 Å². The van der Waals surface area contributed by atoms with Crippen molar-refractivity contribution in [2.24, 2.45) is 0 Å². The number of ether oxygens (including phenoxy) is 2. The Morgan fingerprint density at radius 1 is 0.538 bits per heavy atom. The summed E-state index contributed by atoms with van der Waals surface area (Å²) in [6, 6.07) is 16.6. The third-order valence-electron chi connectivity index (χ3n) is 6.74. The topological polar surface area (TPSA) is 52.6 Å². The minimum atomic E-state index is -0.291. The molecular formula is C34H52O4S. The van der Waals surface area contributed by atoms with Gasteiger partial charge in [-0.05, 0) is 48.6 Å². The third kappa shape index (κ3) is 18.6. The lowest BCUT2D eigenvalue weighted by Crippen LogP contribution is -2.00. The van der Waals surface area contributed by atoms with Crippen LogP contribution < -0.4 is 0 Å². The van der Waals surface area contributed by atoms with Crippen molar-refractivity contribution in [1.29, 1.82) is 0 Å². The largest absolute Gasteiger partial charge is 0.465 e. The van der Waals surface area contributed by atoms with Crippen LogP contribution in [0.25, 0.3) is 0 Å². The third-order valence-corrected chi connectivity index (χ3v) is 7.84. The number of unbranched alkanes of at least 4 members (excludes halogenated alkanes) is 15. The maximum absolute atomic E-state index is 11.4. The van der Waals surface area contributed by atoms with Crippen molar-refractivity contribution in [3.63, 3.8) is 0 Å². The van der Waals surface area contributed by atoms with E-state index in [1.807, 2.05) is 42.1 Å². The molecule has 4 nitrogen and oxygen atoms in total. The van der Waals surface area contributed by atoms with E-state index >= 15 is 0 Å². The molecule has 2 aromatic rings. The number of methoxy groups -OCH3 is 2. The van der Waals surface area contributed by atoms with Crippen LogP contribution in [0.3, 0.4) is 0 Å². The predicted octanol–water partition coefficient (Wildman–Crippen LogP) is 10.3. The van der Waals surface area contributed by atoms with Crippen LogP contribution in [0.5, 0.6) is 0 Å². The first-order valence-corrected chi connectivity index (χ1v) is 16.1. The molecular weight excluding hydrogens is 504 g/mol. The Balaban J connectivity index is 0.000000633. The van der Waals surface area contributed by atoms with Gasteiger partial charge in [0.05, 0.1) is 25.3 Å². The summed E-state index contributed by atoms with van der Waals surface area (Å²) in [5.41, 5.74) is 1.21. The molecule has 0 spiro atoms. The summed E-state index contributed by atoms with van der Waals surface area (Å²) in [6.07, 6.45) is 22.6. The quantitative estimate of drug-likeness (QED) is 0.0922. The van der Waals surface area contributed by atoms with Gasteiger partial charge in [-0.15, -0.1) is 11.8 Å². The standard InChI is InChI=1S/C26H44O2S.C8H8O2/c1-3-4-5-6-7-8-9-10-11-12-13-14-15-16-17-18-23-29-25-21-19-24(20-22-25)26(27)28-2;1-10-8(9)7-5-3-2-4-6-7/h19-22H,3-18,23H2,1-2H3;2-6H,1H3. The van der Waals surface area contributed by atoms with Crippen LogP contribution in [-0.4, -0.2) is 31.9 Å². The van der Waals surface area contributed by atoms with E-state index < -0.39 is 0 Å². The molecule has 0 aliphatic rings. The highest BCUT2D eigenvalue weighted by Gasteiger charge is 2.04. The van der Waals surface area contributed by atoms with Crippen molar-refractivity contribution in [1.82, 2.24) is 0 Å². The van der Waals surface area contributed by atoms with Crippen molar-refractivity contribution in [3.05, 3.63) is 65.7 Å². The molecule has 0 amide bonds. The molecule has 0 atom stereocenters. The second-order valence-electron chi connectivity index (χ2n) is 10.0. The molecule has 0 radical (unpaired) electrons. The van der Waals surface area contributed by atoms with Gasteiger partial charge in [-0.1, -0.05) is 121 Å². The SMILES string of the molecule is CCCCCCCCCCCCCCCCCCSc1ccc(C(=O)OC)cc1.COC(=O)c1ccccc1. The van der Waals surface area contributed by atoms with Crippen LogP contribution in [0, 0.1) is 0 Å². The highest BCUT2D eigenvalue weighted by Crippen LogP contribution is 2.21. The van der Waals surface area contributed by atoms with Crippen molar-refractivity contribution >= 4 is 23.7 Å². The van der Waals surface area contributed by atoms with Crippen molar-refractivity contribution in [3.8, 4) is 0 Å². The van der Waals surface area contributed by atoms with Crippen LogP contribution in [0.4, 0.5) is 0 Å². The zero-order chi connectivity index (χ0) is 28.4. The second-order valence-corrected chi connectivity index (χ2v) is 11.2. The van der Waals surface area contributed by atoms with Gasteiger partial charge in [0.2, 0.25) is 0 Å². The molecule has 0 saturated heterocycles. The Hall–Kier alpha value is -2.27. The number of carbonyl (C=O) groups excluding carboxylic acids is 2. The van der Waals surface area contributed by atoms with Gasteiger partial charge in [-0.2, -0.15) is 0 Å². The number of esters is 2. The van der Waals surface area contributed by atoms with Crippen molar-refractivity contribution < 1.29 is 19.1 Å². The number of hydrogen-bond acceptors (Lipinski definition) is 5. The molecule has 0 unspecified atom stereocenters. The number of hydrogen-bond donors (Lipinski definition) is 0. The Bertz CT molecular complexity index is 851. The highest BCUT2D eigenvalue weighted by molar-refractivity contribution is 7.99. The number of benzene rings is 2. The van der Waals surface area contributed by atoms with Gasteiger partial charge in [-0.3, -0.25) is 0 Å². The van der Waals surface area contributed by atoms with Crippen LogP contribution >= 0.6 is 11.8 Å². The molecule has 0 aliphatic carbocycles. The fourth-order valence-electron chi connectivity index (χ4n) is 4.34. The fourth-order valence-corrected chi connectivity index (χ4v) is 5.25. The maximum Gasteiger partial charge on any atom is 0.337 e. The summed E-state index contributed by atoms with van der Waals surface area (Å²) in [7, 11) is 2.79. The fraction of sp³-hybridized carbons (Fsp3) is 0.588. The molecule has 5 heteroatoms. The zero-order valence-corrected chi connectivity index (χ0v) is 25.6. The van der Waals surface area contributed by atoms with Gasteiger partial charge < -0.3 is 9.47 Å². The number of carbonyl (C=O) groups is 2. The van der Waals surface area contributed by atoms with Gasteiger partial charge in [0.25, 0.3) is 0 Å². The zero-order valence-electron chi connectivity index (χ0n) is 24.8. The first kappa shape index (κ1) is 34.8. The Morgan fingerprint density at radius 2 is 0.923 bits per heavy atom. The van der Waals surface area contributed by atoms with Crippen LogP contribution in [-0.2, 0) is 9.47 Å². The maximum atomic E-state index is 11.4. The molecule has 0 saturated carbocycles. The van der Waals surface area contributed by atoms with E-state index in [-0.39, 0.29) is 11.9 Å². The summed E-state index contributed by atoms with van der Waals surface area (Å²) in [5.74, 6) is 0.607. The summed E-state index contributed by atoms with van der Waals surface area (Å²) in [5, 5.41) is 0. The average Bonchev–Trinajstić information content (AvgIpc) is 2.99. The molecule has 0 fully saturated rings. The van der Waals surface area contributed by atoms with Gasteiger partial charge >= 0.3 is 11.9 Å². The van der Waals surface area contributed by atoms with Crippen molar-refractivity contribution in [2.75, 3.05) is 20.0 Å². The van der Waals surface area contributed by atoms with E-state index in [1.165, 1.54) is 122 Å². The molecule has 2 rings (SSSR count). The summed E-state index contributed by atoms with van der Waals surface area (Å²) < 4.78 is 9.22. The summed E-state index contributed by atoms with van der Waals surface area (Å²) in [6.45, 7) is 2.29. The van der Waals surface area contributed by atoms with E-state index in [1.54, 1.807) is 24.3 Å². The monoisotopic (exact) mass is 556 g/mol. The molecule has 0 heterocycles. The Labute approximate surface area is 242 Å². The van der Waals surface area contributed by atoms with Crippen molar-refractivity contribution in [2.45, 2.75) is 115 Å². The first-order valence-electron chi connectivity index (χ1n) is 15.1. The molecule has 0 N–H and O–H groups in total. The predicted molar refractivity (Wildman–Crippen MR) is 166 cm³/mol. The lowest BCUT2D eigenvalue weighted by molar-refractivity contribution is 0.0592. The summed E-state index contributed by atoms with van der Waals surface area (Å²) >= 11 is 1.88. The van der Waals surface area contributed by atoms with Crippen LogP contribution in [0.2, 0.25) is 0 Å². The Kier molecular flexibility index (Phi) is 22.1. The van der Waals surface area contributed by atoms with Crippen LogP contribution in [0.1, 0.15) is 130 Å². The van der Waals surface area contributed by atoms with E-state index in [2.05, 4.69) is 11.7 Å². The highest BCUT2D eigenvalue weighted by atomic mass is 32.2. The minimum Gasteiger partial charge on any atom is -0.465 e. The minimum absolute atomic E-state index is 0.264. The lowest BCUT2D eigenvalue weighted by Gasteiger charge is -2.04. The Morgan fingerprint density at radius 3 is 1.33 bits per heavy atom. The smallest absolute Gasteiger partial charge is 0.337 e. The van der Waals surface area contributed by atoms with Gasteiger partial charge in [0, 0.05) is 4.90 Å². The summed E-state index contributed by atoms with van der Waals surface area (Å²) in [4.78, 5) is 23.4. The van der Waals surface area contributed by atoms with E-state index in [0.29, 0.717) is 11.1 Å². The van der Waals surface area contributed by atoms with E-state index in [0.717, 1.165) is 5.75 Å². The molecule has 0 aliphatic heterocycles. The first-order chi connectivity index (χ1) is 19.1. The normalized spacial score (nSPS) is 10.4. The van der Waals surface area contributed by atoms with Gasteiger partial charge in [0.15, 0.2) is 0 Å². The molecule has 39 heavy (non-hydrogen) atoms. The average molecular weight is 557 g/mol. The van der Waals surface area contributed by atoms with Gasteiger partial charge in [0.1, 0.15) is 0 Å². The number of rotatable bonds is 20. The van der Waals surface area contributed by atoms with Crippen LogP contribution in [0.15, 0.2) is 59.5 Å². The lowest BCUT2D eigenvalue weighted by atomic mass is 10.0. The second kappa shape index (κ2) is 24.7.